The zero-order chi connectivity index (χ0) is 19.3. The van der Waals surface area contributed by atoms with Crippen molar-refractivity contribution >= 4 is 27.9 Å². The molecule has 0 bridgehead atoms. The van der Waals surface area contributed by atoms with Crippen molar-refractivity contribution < 1.29 is 9.53 Å². The highest BCUT2D eigenvalue weighted by Crippen LogP contribution is 2.39. The van der Waals surface area contributed by atoms with Crippen LogP contribution in [0.1, 0.15) is 15.2 Å². The molecular formula is C22H19N3O2S. The van der Waals surface area contributed by atoms with Gasteiger partial charge in [0.25, 0.3) is 5.91 Å². The van der Waals surface area contributed by atoms with E-state index in [1.807, 2.05) is 24.3 Å². The van der Waals surface area contributed by atoms with E-state index in [-0.39, 0.29) is 5.91 Å². The number of ether oxygens (including phenoxy) is 1. The summed E-state index contributed by atoms with van der Waals surface area (Å²) in [6.45, 7) is 3.00. The molecule has 0 unspecified atom stereocenters. The van der Waals surface area contributed by atoms with Crippen LogP contribution in [0.5, 0.6) is 0 Å². The molecule has 0 spiro atoms. The number of rotatable bonds is 4. The van der Waals surface area contributed by atoms with E-state index in [0.29, 0.717) is 29.3 Å². The second kappa shape index (κ2) is 8.26. The van der Waals surface area contributed by atoms with Gasteiger partial charge >= 0.3 is 0 Å². The van der Waals surface area contributed by atoms with E-state index in [4.69, 9.17) is 10.00 Å². The van der Waals surface area contributed by atoms with Gasteiger partial charge in [0.1, 0.15) is 0 Å². The molecule has 1 saturated heterocycles. The third-order valence-corrected chi connectivity index (χ3v) is 5.76. The molecule has 28 heavy (non-hydrogen) atoms. The van der Waals surface area contributed by atoms with Gasteiger partial charge in [0, 0.05) is 24.3 Å². The lowest BCUT2D eigenvalue weighted by atomic mass is 10.1. The maximum atomic E-state index is 12.9. The summed E-state index contributed by atoms with van der Waals surface area (Å²) < 4.78 is 5.48. The third-order valence-electron chi connectivity index (χ3n) is 4.57. The van der Waals surface area contributed by atoms with Crippen LogP contribution in [0.4, 0.5) is 10.7 Å². The molecule has 2 aromatic carbocycles. The van der Waals surface area contributed by atoms with Crippen LogP contribution in [0.2, 0.25) is 0 Å². The first-order valence-corrected chi connectivity index (χ1v) is 9.90. The molecule has 1 N–H and O–H groups in total. The summed E-state index contributed by atoms with van der Waals surface area (Å²) in [7, 11) is 0. The van der Waals surface area contributed by atoms with Gasteiger partial charge in [-0.25, -0.2) is 0 Å². The number of hydrogen-bond acceptors (Lipinski definition) is 5. The van der Waals surface area contributed by atoms with Crippen LogP contribution in [0.3, 0.4) is 0 Å². The summed E-state index contributed by atoms with van der Waals surface area (Å²) in [4.78, 5) is 15.8. The predicted octanol–water partition coefficient (Wildman–Crippen LogP) is 4.38. The molecule has 3 aromatic rings. The average Bonchev–Trinajstić information content (AvgIpc) is 3.21. The Morgan fingerprint density at radius 2 is 1.86 bits per heavy atom. The minimum absolute atomic E-state index is 0.170. The van der Waals surface area contributed by atoms with Gasteiger partial charge < -0.3 is 15.0 Å². The first-order valence-electron chi connectivity index (χ1n) is 9.08. The standard InChI is InChI=1S/C22H19N3O2S/c23-15-16-5-4-8-18(13-16)24-21(26)20-14-19(17-6-2-1-3-7-17)22(28-20)25-9-11-27-12-10-25/h1-8,13-14H,9-12H2,(H,24,26). The molecule has 0 aliphatic carbocycles. The summed E-state index contributed by atoms with van der Waals surface area (Å²) in [5.74, 6) is -0.170. The van der Waals surface area contributed by atoms with Crippen LogP contribution in [0.25, 0.3) is 11.1 Å². The van der Waals surface area contributed by atoms with Gasteiger partial charge in [-0.05, 0) is 29.8 Å². The van der Waals surface area contributed by atoms with Gasteiger partial charge in [-0.1, -0.05) is 36.4 Å². The van der Waals surface area contributed by atoms with Gasteiger partial charge in [-0.3, -0.25) is 4.79 Å². The fourth-order valence-corrected chi connectivity index (χ4v) is 4.31. The quantitative estimate of drug-likeness (QED) is 0.719. The molecular weight excluding hydrogens is 370 g/mol. The van der Waals surface area contributed by atoms with Crippen LogP contribution >= 0.6 is 11.3 Å². The van der Waals surface area contributed by atoms with E-state index in [1.54, 1.807) is 24.3 Å². The second-order valence-electron chi connectivity index (χ2n) is 6.44. The number of carbonyl (C=O) groups is 1. The molecule has 1 fully saturated rings. The van der Waals surface area contributed by atoms with Gasteiger partial charge in [0.05, 0.1) is 34.7 Å². The van der Waals surface area contributed by atoms with Crippen LogP contribution in [-0.4, -0.2) is 32.2 Å². The number of nitrogens with zero attached hydrogens (tertiary/aromatic N) is 2. The van der Waals surface area contributed by atoms with Crippen LogP contribution in [-0.2, 0) is 4.74 Å². The minimum Gasteiger partial charge on any atom is -0.378 e. The topological polar surface area (TPSA) is 65.4 Å². The zero-order valence-corrected chi connectivity index (χ0v) is 16.0. The smallest absolute Gasteiger partial charge is 0.265 e. The number of carbonyl (C=O) groups excluding carboxylic acids is 1. The Kier molecular flexibility index (Phi) is 5.38. The minimum atomic E-state index is -0.170. The molecule has 6 heteroatoms. The summed E-state index contributed by atoms with van der Waals surface area (Å²) in [6, 6.07) is 21.1. The Morgan fingerprint density at radius 1 is 1.07 bits per heavy atom. The first kappa shape index (κ1) is 18.2. The van der Waals surface area contributed by atoms with Crippen molar-refractivity contribution in [3.05, 3.63) is 71.1 Å². The van der Waals surface area contributed by atoms with Gasteiger partial charge in [0.15, 0.2) is 0 Å². The van der Waals surface area contributed by atoms with Crippen LogP contribution in [0.15, 0.2) is 60.7 Å². The predicted molar refractivity (Wildman–Crippen MR) is 112 cm³/mol. The molecule has 0 saturated carbocycles. The SMILES string of the molecule is N#Cc1cccc(NC(=O)c2cc(-c3ccccc3)c(N3CCOCC3)s2)c1. The maximum Gasteiger partial charge on any atom is 0.265 e. The summed E-state index contributed by atoms with van der Waals surface area (Å²) in [5, 5.41) is 13.0. The molecule has 5 nitrogen and oxygen atoms in total. The van der Waals surface area contributed by atoms with E-state index >= 15 is 0 Å². The molecule has 2 heterocycles. The lowest BCUT2D eigenvalue weighted by Gasteiger charge is -2.28. The number of nitriles is 1. The van der Waals surface area contributed by atoms with Crippen molar-refractivity contribution in [3.8, 4) is 17.2 Å². The molecule has 140 valence electrons. The molecule has 4 rings (SSSR count). The molecule has 0 atom stereocenters. The zero-order valence-electron chi connectivity index (χ0n) is 15.2. The highest BCUT2D eigenvalue weighted by Gasteiger charge is 2.22. The second-order valence-corrected chi connectivity index (χ2v) is 7.47. The Balaban J connectivity index is 1.66. The van der Waals surface area contributed by atoms with E-state index in [1.165, 1.54) is 11.3 Å². The summed E-state index contributed by atoms with van der Waals surface area (Å²) in [5.41, 5.74) is 3.28. The van der Waals surface area contributed by atoms with Crippen LogP contribution < -0.4 is 10.2 Å². The lowest BCUT2D eigenvalue weighted by molar-refractivity contribution is 0.103. The fourth-order valence-electron chi connectivity index (χ4n) is 3.18. The normalized spacial score (nSPS) is 13.8. The molecule has 0 radical (unpaired) electrons. The number of amides is 1. The molecule has 1 aromatic heterocycles. The van der Waals surface area contributed by atoms with Crippen molar-refractivity contribution in [1.29, 1.82) is 5.26 Å². The molecule has 1 amide bonds. The Labute approximate surface area is 167 Å². The number of anilines is 2. The van der Waals surface area contributed by atoms with Crippen LogP contribution in [0, 0.1) is 11.3 Å². The highest BCUT2D eigenvalue weighted by atomic mass is 32.1. The monoisotopic (exact) mass is 389 g/mol. The number of thiophene rings is 1. The summed E-state index contributed by atoms with van der Waals surface area (Å²) in [6.07, 6.45) is 0. The van der Waals surface area contributed by atoms with Crippen molar-refractivity contribution in [3.63, 3.8) is 0 Å². The maximum absolute atomic E-state index is 12.9. The van der Waals surface area contributed by atoms with Crippen molar-refractivity contribution in [2.45, 2.75) is 0 Å². The van der Waals surface area contributed by atoms with Gasteiger partial charge in [-0.15, -0.1) is 11.3 Å². The Hall–Kier alpha value is -3.14. The van der Waals surface area contributed by atoms with Gasteiger partial charge in [0.2, 0.25) is 0 Å². The van der Waals surface area contributed by atoms with Crippen molar-refractivity contribution in [1.82, 2.24) is 0 Å². The average molecular weight is 389 g/mol. The van der Waals surface area contributed by atoms with Crippen molar-refractivity contribution in [2.75, 3.05) is 36.5 Å². The lowest BCUT2D eigenvalue weighted by Crippen LogP contribution is -2.35. The number of nitrogens with one attached hydrogen (secondary N) is 1. The van der Waals surface area contributed by atoms with E-state index in [2.05, 4.69) is 28.4 Å². The Morgan fingerprint density at radius 3 is 2.61 bits per heavy atom. The third kappa shape index (κ3) is 3.91. The molecule has 1 aliphatic heterocycles. The number of morpholine rings is 1. The van der Waals surface area contributed by atoms with E-state index in [0.717, 1.165) is 29.2 Å². The first-order chi connectivity index (χ1) is 13.7. The Bertz CT molecular complexity index is 1020. The highest BCUT2D eigenvalue weighted by molar-refractivity contribution is 7.18. The fraction of sp³-hybridized carbons (Fsp3) is 0.182. The van der Waals surface area contributed by atoms with E-state index in [9.17, 15) is 4.79 Å². The summed E-state index contributed by atoms with van der Waals surface area (Å²) >= 11 is 1.49. The van der Waals surface area contributed by atoms with Gasteiger partial charge in [-0.2, -0.15) is 5.26 Å². The number of benzene rings is 2. The van der Waals surface area contributed by atoms with Crippen molar-refractivity contribution in [2.24, 2.45) is 0 Å². The largest absolute Gasteiger partial charge is 0.378 e. The van der Waals surface area contributed by atoms with E-state index < -0.39 is 0 Å². The number of hydrogen-bond donors (Lipinski definition) is 1. The molecule has 1 aliphatic rings.